The van der Waals surface area contributed by atoms with Gasteiger partial charge in [-0.15, -0.1) is 0 Å². The zero-order valence-electron chi connectivity index (χ0n) is 13.9. The Kier molecular flexibility index (Phi) is 4.14. The Balaban J connectivity index is 1.92. The normalized spacial score (nSPS) is 12.0. The van der Waals surface area contributed by atoms with Crippen LogP contribution in [0, 0.1) is 0 Å². The molecular weight excluding hydrogens is 344 g/mol. The van der Waals surface area contributed by atoms with Crippen LogP contribution in [-0.4, -0.2) is 18.6 Å². The first-order valence-electron chi connectivity index (χ1n) is 8.16. The molecule has 0 radical (unpaired) electrons. The van der Waals surface area contributed by atoms with Crippen LogP contribution in [0.25, 0.3) is 10.9 Å². The second kappa shape index (κ2) is 6.61. The Hall–Kier alpha value is -3.18. The summed E-state index contributed by atoms with van der Waals surface area (Å²) in [7, 11) is -3.73. The largest absolute Gasteiger partial charge is 0.268 e. The van der Waals surface area contributed by atoms with Crippen molar-refractivity contribution >= 4 is 32.8 Å². The highest BCUT2D eigenvalue weighted by molar-refractivity contribution is 7.90. The van der Waals surface area contributed by atoms with Crippen LogP contribution in [0.3, 0.4) is 0 Å². The van der Waals surface area contributed by atoms with Gasteiger partial charge >= 0.3 is 0 Å². The van der Waals surface area contributed by atoms with Crippen LogP contribution in [0.2, 0.25) is 0 Å². The lowest BCUT2D eigenvalue weighted by atomic mass is 10.2. The van der Waals surface area contributed by atoms with Crippen molar-refractivity contribution in [3.05, 3.63) is 96.7 Å². The summed E-state index contributed by atoms with van der Waals surface area (Å²) in [5, 5.41) is 0.849. The summed E-state index contributed by atoms with van der Waals surface area (Å²) in [5.41, 5.74) is 1.91. The van der Waals surface area contributed by atoms with Crippen molar-refractivity contribution in [2.24, 2.45) is 4.99 Å². The number of hydrogen-bond acceptors (Lipinski definition) is 3. The summed E-state index contributed by atoms with van der Waals surface area (Å²) >= 11 is 0. The van der Waals surface area contributed by atoms with E-state index in [1.165, 1.54) is 3.97 Å². The third-order valence-corrected chi connectivity index (χ3v) is 5.83. The average molecular weight is 360 g/mol. The number of nitrogens with zero attached hydrogens (tertiary/aromatic N) is 2. The maximum Gasteiger partial charge on any atom is 0.268 e. The van der Waals surface area contributed by atoms with Crippen molar-refractivity contribution in [3.63, 3.8) is 0 Å². The topological polar surface area (TPSA) is 51.4 Å². The van der Waals surface area contributed by atoms with Gasteiger partial charge in [-0.25, -0.2) is 12.4 Å². The number of hydrogen-bond donors (Lipinski definition) is 0. The van der Waals surface area contributed by atoms with Gasteiger partial charge in [0.25, 0.3) is 10.0 Å². The average Bonchev–Trinajstić information content (AvgIpc) is 3.07. The Morgan fingerprint density at radius 3 is 2.12 bits per heavy atom. The Labute approximate surface area is 152 Å². The highest BCUT2D eigenvalue weighted by Gasteiger charge is 2.21. The molecule has 0 amide bonds. The Morgan fingerprint density at radius 1 is 0.769 bits per heavy atom. The van der Waals surface area contributed by atoms with E-state index in [4.69, 9.17) is 0 Å². The lowest BCUT2D eigenvalue weighted by Gasteiger charge is -2.10. The van der Waals surface area contributed by atoms with E-state index in [2.05, 4.69) is 4.99 Å². The molecule has 0 aliphatic heterocycles. The van der Waals surface area contributed by atoms with E-state index < -0.39 is 10.0 Å². The molecule has 0 aliphatic carbocycles. The van der Waals surface area contributed by atoms with Crippen molar-refractivity contribution in [1.29, 1.82) is 0 Å². The number of benzene rings is 3. The molecule has 0 fully saturated rings. The number of aromatic nitrogens is 1. The molecule has 1 heterocycles. The summed E-state index contributed by atoms with van der Waals surface area (Å²) < 4.78 is 27.8. The molecule has 1 aromatic heterocycles. The van der Waals surface area contributed by atoms with Gasteiger partial charge in [-0.3, -0.25) is 4.99 Å². The maximum absolute atomic E-state index is 13.2. The summed E-state index contributed by atoms with van der Waals surface area (Å²) in [6.07, 6.45) is 1.59. The molecule has 0 atom stereocenters. The van der Waals surface area contributed by atoms with Crippen molar-refractivity contribution in [2.45, 2.75) is 4.90 Å². The predicted molar refractivity (Wildman–Crippen MR) is 105 cm³/mol. The zero-order valence-corrected chi connectivity index (χ0v) is 14.7. The van der Waals surface area contributed by atoms with Crippen LogP contribution in [-0.2, 0) is 10.0 Å². The standard InChI is InChI=1S/C21H16N2O2S/c24-26(25,20-12-5-2-6-13-20)23-19(15-17-9-7-8-14-21(17)23)16-22-18-10-3-1-4-11-18/h1-16H. The molecule has 0 spiro atoms. The SMILES string of the molecule is O=S(=O)(c1ccccc1)n1c(C=Nc2ccccc2)cc2ccccc21. The second-order valence-electron chi connectivity index (χ2n) is 5.80. The molecule has 0 saturated carbocycles. The summed E-state index contributed by atoms with van der Waals surface area (Å²) in [5.74, 6) is 0. The molecule has 3 aromatic carbocycles. The minimum atomic E-state index is -3.73. The van der Waals surface area contributed by atoms with Crippen LogP contribution in [0.15, 0.2) is 101 Å². The van der Waals surface area contributed by atoms with Crippen molar-refractivity contribution in [3.8, 4) is 0 Å². The van der Waals surface area contributed by atoms with Gasteiger partial charge in [0.2, 0.25) is 0 Å². The molecule has 26 heavy (non-hydrogen) atoms. The van der Waals surface area contributed by atoms with Gasteiger partial charge in [0, 0.05) is 5.39 Å². The van der Waals surface area contributed by atoms with E-state index in [9.17, 15) is 8.42 Å². The molecule has 0 unspecified atom stereocenters. The highest BCUT2D eigenvalue weighted by atomic mass is 32.2. The highest BCUT2D eigenvalue weighted by Crippen LogP contribution is 2.25. The van der Waals surface area contributed by atoms with Gasteiger partial charge in [0.15, 0.2) is 0 Å². The maximum atomic E-state index is 13.2. The second-order valence-corrected chi connectivity index (χ2v) is 7.59. The van der Waals surface area contributed by atoms with Crippen LogP contribution in [0.5, 0.6) is 0 Å². The van der Waals surface area contributed by atoms with E-state index in [1.807, 2.05) is 54.6 Å². The van der Waals surface area contributed by atoms with Crippen LogP contribution in [0.4, 0.5) is 5.69 Å². The fourth-order valence-corrected chi connectivity index (χ4v) is 4.38. The minimum Gasteiger partial charge on any atom is -0.255 e. The smallest absolute Gasteiger partial charge is 0.255 e. The van der Waals surface area contributed by atoms with E-state index in [-0.39, 0.29) is 4.90 Å². The summed E-state index contributed by atoms with van der Waals surface area (Å²) in [6, 6.07) is 27.1. The molecule has 0 bridgehead atoms. The Bertz CT molecular complexity index is 1180. The van der Waals surface area contributed by atoms with Crippen molar-refractivity contribution in [2.75, 3.05) is 0 Å². The van der Waals surface area contributed by atoms with E-state index in [0.717, 1.165) is 11.1 Å². The molecule has 4 aromatic rings. The quantitative estimate of drug-likeness (QED) is 0.498. The van der Waals surface area contributed by atoms with Gasteiger partial charge in [-0.05, 0) is 36.4 Å². The van der Waals surface area contributed by atoms with Gasteiger partial charge in [-0.2, -0.15) is 0 Å². The molecule has 128 valence electrons. The van der Waals surface area contributed by atoms with Gasteiger partial charge < -0.3 is 0 Å². The lowest BCUT2D eigenvalue weighted by Crippen LogP contribution is -2.15. The lowest BCUT2D eigenvalue weighted by molar-refractivity contribution is 0.589. The van der Waals surface area contributed by atoms with Gasteiger partial charge in [-0.1, -0.05) is 54.6 Å². The fraction of sp³-hybridized carbons (Fsp3) is 0. The fourth-order valence-electron chi connectivity index (χ4n) is 2.86. The predicted octanol–water partition coefficient (Wildman–Crippen LogP) is 4.63. The monoisotopic (exact) mass is 360 g/mol. The molecule has 0 N–H and O–H groups in total. The molecular formula is C21H16N2O2S. The molecule has 4 nitrogen and oxygen atoms in total. The molecule has 5 heteroatoms. The van der Waals surface area contributed by atoms with E-state index >= 15 is 0 Å². The third-order valence-electron chi connectivity index (χ3n) is 4.08. The summed E-state index contributed by atoms with van der Waals surface area (Å²) in [6.45, 7) is 0. The first-order chi connectivity index (χ1) is 12.7. The van der Waals surface area contributed by atoms with Gasteiger partial charge in [0.1, 0.15) is 0 Å². The van der Waals surface area contributed by atoms with Crippen LogP contribution in [0.1, 0.15) is 5.69 Å². The first-order valence-corrected chi connectivity index (χ1v) is 9.60. The number of aliphatic imine (C=N–C) groups is 1. The number of fused-ring (bicyclic) bond motifs is 1. The van der Waals surface area contributed by atoms with E-state index in [0.29, 0.717) is 11.2 Å². The van der Waals surface area contributed by atoms with Crippen molar-refractivity contribution in [1.82, 2.24) is 3.97 Å². The molecule has 4 rings (SSSR count). The zero-order chi connectivity index (χ0) is 18.0. The Morgan fingerprint density at radius 2 is 1.38 bits per heavy atom. The van der Waals surface area contributed by atoms with Gasteiger partial charge in [0.05, 0.1) is 28.0 Å². The van der Waals surface area contributed by atoms with E-state index in [1.54, 1.807) is 42.6 Å². The summed E-state index contributed by atoms with van der Waals surface area (Å²) in [4.78, 5) is 4.68. The minimum absolute atomic E-state index is 0.246. The third kappa shape index (κ3) is 2.93. The first kappa shape index (κ1) is 16.3. The molecule has 0 saturated heterocycles. The number of rotatable bonds is 4. The number of para-hydroxylation sites is 2. The van der Waals surface area contributed by atoms with Crippen LogP contribution >= 0.6 is 0 Å². The molecule has 0 aliphatic rings. The van der Waals surface area contributed by atoms with Crippen LogP contribution < -0.4 is 0 Å². The van der Waals surface area contributed by atoms with Crippen molar-refractivity contribution < 1.29 is 8.42 Å².